The molecule has 116 valence electrons. The molecule has 2 rings (SSSR count). The monoisotopic (exact) mass is 299 g/mol. The van der Waals surface area contributed by atoms with Crippen molar-refractivity contribution in [3.63, 3.8) is 0 Å². The van der Waals surface area contributed by atoms with Crippen LogP contribution < -0.4 is 5.32 Å². The molecule has 0 fully saturated rings. The highest BCUT2D eigenvalue weighted by Gasteiger charge is 2.22. The van der Waals surface area contributed by atoms with Crippen LogP contribution in [0.2, 0.25) is 0 Å². The number of nitrogens with zero attached hydrogens (tertiary/aromatic N) is 2. The number of rotatable bonds is 5. The van der Waals surface area contributed by atoms with E-state index in [9.17, 15) is 9.90 Å². The summed E-state index contributed by atoms with van der Waals surface area (Å²) in [5, 5.41) is 12.9. The molecule has 0 atom stereocenters. The van der Waals surface area contributed by atoms with E-state index in [0.717, 1.165) is 5.56 Å². The summed E-state index contributed by atoms with van der Waals surface area (Å²) in [5.74, 6) is 0. The Kier molecular flexibility index (Phi) is 5.12. The fourth-order valence-corrected chi connectivity index (χ4v) is 2.11. The second kappa shape index (κ2) is 7.04. The average Bonchev–Trinajstić information content (AvgIpc) is 2.47. The number of hydrogen-bond donors (Lipinski definition) is 2. The van der Waals surface area contributed by atoms with Gasteiger partial charge in [-0.3, -0.25) is 4.98 Å². The third-order valence-electron chi connectivity index (χ3n) is 3.01. The van der Waals surface area contributed by atoms with Crippen LogP contribution in [0.4, 0.5) is 10.5 Å². The summed E-state index contributed by atoms with van der Waals surface area (Å²) in [6.07, 6.45) is 3.24. The van der Waals surface area contributed by atoms with E-state index in [-0.39, 0.29) is 12.6 Å². The van der Waals surface area contributed by atoms with Crippen LogP contribution in [0.15, 0.2) is 54.9 Å². The van der Waals surface area contributed by atoms with Crippen LogP contribution in [0, 0.1) is 0 Å². The minimum atomic E-state index is -0.968. The molecule has 0 radical (unpaired) electrons. The highest BCUT2D eigenvalue weighted by molar-refractivity contribution is 5.89. The Balaban J connectivity index is 2.11. The third kappa shape index (κ3) is 5.18. The molecule has 5 heteroatoms. The van der Waals surface area contributed by atoms with Gasteiger partial charge in [0, 0.05) is 24.6 Å². The SMILES string of the molecule is CC(C)(O)CN(Cc1ccccc1)C(=O)Nc1ccncc1. The predicted molar refractivity (Wildman–Crippen MR) is 86.4 cm³/mol. The molecule has 0 bridgehead atoms. The van der Waals surface area contributed by atoms with E-state index >= 15 is 0 Å². The fourth-order valence-electron chi connectivity index (χ4n) is 2.11. The second-order valence-corrected chi connectivity index (χ2v) is 5.82. The molecule has 0 spiro atoms. The van der Waals surface area contributed by atoms with E-state index in [2.05, 4.69) is 10.3 Å². The summed E-state index contributed by atoms with van der Waals surface area (Å²) in [6.45, 7) is 4.04. The number of benzene rings is 1. The highest BCUT2D eigenvalue weighted by atomic mass is 16.3. The lowest BCUT2D eigenvalue weighted by molar-refractivity contribution is 0.0469. The van der Waals surface area contributed by atoms with Crippen LogP contribution in [-0.4, -0.2) is 33.2 Å². The Hall–Kier alpha value is -2.40. The molecule has 0 unspecified atom stereocenters. The van der Waals surface area contributed by atoms with Gasteiger partial charge in [-0.25, -0.2) is 4.79 Å². The maximum atomic E-state index is 12.5. The van der Waals surface area contributed by atoms with Crippen LogP contribution in [0.3, 0.4) is 0 Å². The highest BCUT2D eigenvalue weighted by Crippen LogP contribution is 2.13. The van der Waals surface area contributed by atoms with Gasteiger partial charge in [0.15, 0.2) is 0 Å². The molecule has 5 nitrogen and oxygen atoms in total. The van der Waals surface area contributed by atoms with Crippen LogP contribution in [0.1, 0.15) is 19.4 Å². The molecule has 0 aliphatic rings. The molecular formula is C17H21N3O2. The van der Waals surface area contributed by atoms with Gasteiger partial charge >= 0.3 is 6.03 Å². The number of amides is 2. The number of aromatic nitrogens is 1. The van der Waals surface area contributed by atoms with E-state index < -0.39 is 5.60 Å². The van der Waals surface area contributed by atoms with E-state index in [0.29, 0.717) is 12.2 Å². The Labute approximate surface area is 130 Å². The van der Waals surface area contributed by atoms with Gasteiger partial charge in [-0.15, -0.1) is 0 Å². The maximum Gasteiger partial charge on any atom is 0.322 e. The standard InChI is InChI=1S/C17H21N3O2/c1-17(2,22)13-20(12-14-6-4-3-5-7-14)16(21)19-15-8-10-18-11-9-15/h3-11,22H,12-13H2,1-2H3,(H,18,19,21). The molecule has 2 amide bonds. The molecule has 0 aliphatic carbocycles. The Bertz CT molecular complexity index is 594. The minimum absolute atomic E-state index is 0.235. The number of aliphatic hydroxyl groups is 1. The number of pyridine rings is 1. The van der Waals surface area contributed by atoms with Crippen molar-refractivity contribution >= 4 is 11.7 Å². The summed E-state index contributed by atoms with van der Waals surface area (Å²) in [6, 6.07) is 12.9. The molecule has 1 aromatic heterocycles. The van der Waals surface area contributed by atoms with Gasteiger partial charge in [-0.05, 0) is 31.5 Å². The van der Waals surface area contributed by atoms with Gasteiger partial charge in [0.25, 0.3) is 0 Å². The number of nitrogens with one attached hydrogen (secondary N) is 1. The first kappa shape index (κ1) is 16.0. The first-order valence-electron chi connectivity index (χ1n) is 7.16. The number of carbonyl (C=O) groups excluding carboxylic acids is 1. The quantitative estimate of drug-likeness (QED) is 0.892. The van der Waals surface area contributed by atoms with Crippen LogP contribution in [0.25, 0.3) is 0 Å². The lowest BCUT2D eigenvalue weighted by Crippen LogP contribution is -2.43. The van der Waals surface area contributed by atoms with Gasteiger partial charge < -0.3 is 15.3 Å². The summed E-state index contributed by atoms with van der Waals surface area (Å²) in [5.41, 5.74) is 0.718. The Morgan fingerprint density at radius 3 is 2.41 bits per heavy atom. The summed E-state index contributed by atoms with van der Waals surface area (Å²) < 4.78 is 0. The van der Waals surface area contributed by atoms with E-state index in [1.54, 1.807) is 43.3 Å². The lowest BCUT2D eigenvalue weighted by atomic mass is 10.1. The third-order valence-corrected chi connectivity index (χ3v) is 3.01. The number of urea groups is 1. The summed E-state index contributed by atoms with van der Waals surface area (Å²) >= 11 is 0. The second-order valence-electron chi connectivity index (χ2n) is 5.82. The van der Waals surface area contributed by atoms with Crippen molar-refractivity contribution in [2.24, 2.45) is 0 Å². The van der Waals surface area contributed by atoms with Gasteiger partial charge in [0.2, 0.25) is 0 Å². The Morgan fingerprint density at radius 2 is 1.82 bits per heavy atom. The molecule has 2 N–H and O–H groups in total. The molecule has 1 aromatic carbocycles. The zero-order chi connectivity index (χ0) is 16.0. The van der Waals surface area contributed by atoms with Gasteiger partial charge in [0.1, 0.15) is 0 Å². The largest absolute Gasteiger partial charge is 0.389 e. The summed E-state index contributed by atoms with van der Waals surface area (Å²) in [7, 11) is 0. The average molecular weight is 299 g/mol. The van der Waals surface area contributed by atoms with Crippen LogP contribution in [-0.2, 0) is 6.54 Å². The first-order valence-corrected chi connectivity index (χ1v) is 7.16. The van der Waals surface area contributed by atoms with Gasteiger partial charge in [-0.2, -0.15) is 0 Å². The van der Waals surface area contributed by atoms with Crippen molar-refractivity contribution in [3.8, 4) is 0 Å². The number of carbonyl (C=O) groups is 1. The lowest BCUT2D eigenvalue weighted by Gasteiger charge is -2.29. The molecule has 0 saturated heterocycles. The molecular weight excluding hydrogens is 278 g/mol. The molecule has 22 heavy (non-hydrogen) atoms. The van der Waals surface area contributed by atoms with Crippen molar-refractivity contribution in [3.05, 3.63) is 60.4 Å². The molecule has 0 saturated carbocycles. The molecule has 2 aromatic rings. The molecule has 1 heterocycles. The zero-order valence-corrected chi connectivity index (χ0v) is 12.9. The minimum Gasteiger partial charge on any atom is -0.389 e. The van der Waals surface area contributed by atoms with E-state index in [1.807, 2.05) is 30.3 Å². The van der Waals surface area contributed by atoms with Crippen molar-refractivity contribution < 1.29 is 9.90 Å². The topological polar surface area (TPSA) is 65.5 Å². The van der Waals surface area contributed by atoms with E-state index in [4.69, 9.17) is 0 Å². The predicted octanol–water partition coefficient (Wildman–Crippen LogP) is 2.89. The van der Waals surface area contributed by atoms with Crippen LogP contribution in [0.5, 0.6) is 0 Å². The van der Waals surface area contributed by atoms with Crippen molar-refractivity contribution in [2.75, 3.05) is 11.9 Å². The van der Waals surface area contributed by atoms with Crippen LogP contribution >= 0.6 is 0 Å². The van der Waals surface area contributed by atoms with Gasteiger partial charge in [-0.1, -0.05) is 30.3 Å². The Morgan fingerprint density at radius 1 is 1.18 bits per heavy atom. The zero-order valence-electron chi connectivity index (χ0n) is 12.9. The van der Waals surface area contributed by atoms with Crippen molar-refractivity contribution in [1.29, 1.82) is 0 Å². The first-order chi connectivity index (χ1) is 10.4. The van der Waals surface area contributed by atoms with Crippen molar-refractivity contribution in [1.82, 2.24) is 9.88 Å². The fraction of sp³-hybridized carbons (Fsp3) is 0.294. The number of anilines is 1. The van der Waals surface area contributed by atoms with E-state index in [1.165, 1.54) is 0 Å². The molecule has 0 aliphatic heterocycles. The van der Waals surface area contributed by atoms with Crippen molar-refractivity contribution in [2.45, 2.75) is 26.0 Å². The normalized spacial score (nSPS) is 11.0. The number of hydrogen-bond acceptors (Lipinski definition) is 3. The van der Waals surface area contributed by atoms with Gasteiger partial charge in [0.05, 0.1) is 12.1 Å². The smallest absolute Gasteiger partial charge is 0.322 e. The maximum absolute atomic E-state index is 12.5. The summed E-state index contributed by atoms with van der Waals surface area (Å²) in [4.78, 5) is 18.0.